The van der Waals surface area contributed by atoms with Crippen LogP contribution in [-0.4, -0.2) is 55.6 Å². The lowest BCUT2D eigenvalue weighted by molar-refractivity contribution is -0.137. The first-order valence-corrected chi connectivity index (χ1v) is 6.79. The minimum absolute atomic E-state index is 0.0334. The maximum atomic E-state index is 11.7. The van der Waals surface area contributed by atoms with Gasteiger partial charge in [0, 0.05) is 32.2 Å². The summed E-state index contributed by atoms with van der Waals surface area (Å²) < 4.78 is 26.7. The van der Waals surface area contributed by atoms with Gasteiger partial charge in [0.25, 0.3) is 10.2 Å². The fraction of sp³-hybridized carbons (Fsp3) is 0.889. The highest BCUT2D eigenvalue weighted by Gasteiger charge is 2.42. The van der Waals surface area contributed by atoms with Gasteiger partial charge in [-0.15, -0.1) is 0 Å². The van der Waals surface area contributed by atoms with Crippen LogP contribution in [0.2, 0.25) is 0 Å². The van der Waals surface area contributed by atoms with Crippen molar-refractivity contribution in [1.82, 2.24) is 9.03 Å². The number of rotatable bonds is 8. The Morgan fingerprint density at radius 1 is 1.47 bits per heavy atom. The van der Waals surface area contributed by atoms with Gasteiger partial charge >= 0.3 is 5.97 Å². The summed E-state index contributed by atoms with van der Waals surface area (Å²) in [5.41, 5.74) is -0.305. The van der Waals surface area contributed by atoms with E-state index in [1.807, 2.05) is 0 Å². The number of carboxylic acids is 1. The molecule has 0 aromatic heterocycles. The van der Waals surface area contributed by atoms with Crippen molar-refractivity contribution in [2.45, 2.75) is 19.3 Å². The van der Waals surface area contributed by atoms with Crippen molar-refractivity contribution < 1.29 is 23.4 Å². The Kier molecular flexibility index (Phi) is 4.48. The highest BCUT2D eigenvalue weighted by molar-refractivity contribution is 7.87. The molecule has 1 aliphatic rings. The molecule has 0 aromatic carbocycles. The van der Waals surface area contributed by atoms with Crippen LogP contribution in [0.15, 0.2) is 0 Å². The summed E-state index contributed by atoms with van der Waals surface area (Å²) in [5.74, 6) is -1.04. The average Bonchev–Trinajstić information content (AvgIpc) is 3.04. The molecule has 0 spiro atoms. The molecule has 0 aromatic rings. The summed E-state index contributed by atoms with van der Waals surface area (Å²) in [5, 5.41) is 17.5. The maximum Gasteiger partial charge on any atom is 0.304 e. The summed E-state index contributed by atoms with van der Waals surface area (Å²) in [6.45, 7) is 0.0917. The monoisotopic (exact) mass is 266 g/mol. The van der Waals surface area contributed by atoms with Crippen LogP contribution >= 0.6 is 0 Å². The third kappa shape index (κ3) is 4.23. The number of carbonyl (C=O) groups is 1. The van der Waals surface area contributed by atoms with Crippen LogP contribution in [-0.2, 0) is 15.0 Å². The molecule has 0 atom stereocenters. The molecule has 0 aliphatic heterocycles. The van der Waals surface area contributed by atoms with E-state index in [9.17, 15) is 13.2 Å². The normalized spacial score (nSPS) is 18.3. The number of nitrogens with one attached hydrogen (secondary N) is 1. The summed E-state index contributed by atoms with van der Waals surface area (Å²) in [6, 6.07) is 0. The van der Waals surface area contributed by atoms with E-state index in [1.165, 1.54) is 7.05 Å². The van der Waals surface area contributed by atoms with Gasteiger partial charge in [-0.1, -0.05) is 0 Å². The van der Waals surface area contributed by atoms with Crippen LogP contribution in [0.5, 0.6) is 0 Å². The largest absolute Gasteiger partial charge is 0.481 e. The van der Waals surface area contributed by atoms with Crippen molar-refractivity contribution in [2.24, 2.45) is 5.41 Å². The molecule has 0 saturated heterocycles. The quantitative estimate of drug-likeness (QED) is 0.522. The van der Waals surface area contributed by atoms with Crippen LogP contribution in [0, 0.1) is 5.41 Å². The molecule has 0 bridgehead atoms. The molecule has 0 heterocycles. The van der Waals surface area contributed by atoms with E-state index in [0.717, 1.165) is 17.1 Å². The Morgan fingerprint density at radius 3 is 2.47 bits per heavy atom. The summed E-state index contributed by atoms with van der Waals surface area (Å²) in [6.07, 6.45) is 1.39. The zero-order valence-electron chi connectivity index (χ0n) is 9.72. The van der Waals surface area contributed by atoms with Crippen LogP contribution in [0.4, 0.5) is 0 Å². The minimum Gasteiger partial charge on any atom is -0.481 e. The van der Waals surface area contributed by atoms with E-state index in [0.29, 0.717) is 0 Å². The van der Waals surface area contributed by atoms with E-state index in [4.69, 9.17) is 10.2 Å². The highest BCUT2D eigenvalue weighted by atomic mass is 32.2. The van der Waals surface area contributed by atoms with Crippen molar-refractivity contribution in [3.63, 3.8) is 0 Å². The molecule has 1 rings (SSSR count). The van der Waals surface area contributed by atoms with Gasteiger partial charge in [-0.3, -0.25) is 4.79 Å². The lowest BCUT2D eigenvalue weighted by atomic mass is 10.1. The molecule has 0 radical (unpaired) electrons. The fourth-order valence-electron chi connectivity index (χ4n) is 1.30. The van der Waals surface area contributed by atoms with Crippen molar-refractivity contribution in [1.29, 1.82) is 0 Å². The van der Waals surface area contributed by atoms with E-state index >= 15 is 0 Å². The Bertz CT molecular complexity index is 377. The zero-order valence-corrected chi connectivity index (χ0v) is 10.5. The van der Waals surface area contributed by atoms with Gasteiger partial charge < -0.3 is 10.2 Å². The molecule has 1 fully saturated rings. The van der Waals surface area contributed by atoms with Crippen molar-refractivity contribution in [3.05, 3.63) is 0 Å². The molecule has 1 aliphatic carbocycles. The van der Waals surface area contributed by atoms with Crippen molar-refractivity contribution in [3.8, 4) is 0 Å². The smallest absolute Gasteiger partial charge is 0.304 e. The molecule has 0 unspecified atom stereocenters. The van der Waals surface area contributed by atoms with Gasteiger partial charge in [0.05, 0.1) is 6.42 Å². The summed E-state index contributed by atoms with van der Waals surface area (Å²) in [7, 11) is -2.33. The fourth-order valence-corrected chi connectivity index (χ4v) is 2.34. The number of aliphatic hydroxyl groups is 1. The maximum absolute atomic E-state index is 11.7. The average molecular weight is 266 g/mol. The molecule has 17 heavy (non-hydrogen) atoms. The number of carboxylic acid groups (broad SMARTS) is 1. The molecular weight excluding hydrogens is 248 g/mol. The molecule has 3 N–H and O–H groups in total. The number of hydrogen-bond acceptors (Lipinski definition) is 4. The van der Waals surface area contributed by atoms with Gasteiger partial charge in [0.15, 0.2) is 0 Å². The second-order valence-electron chi connectivity index (χ2n) is 4.45. The lowest BCUT2D eigenvalue weighted by Crippen LogP contribution is -2.42. The Balaban J connectivity index is 2.42. The highest BCUT2D eigenvalue weighted by Crippen LogP contribution is 2.44. The topological polar surface area (TPSA) is 107 Å². The second-order valence-corrected chi connectivity index (χ2v) is 6.31. The van der Waals surface area contributed by atoms with Crippen molar-refractivity contribution in [2.75, 3.05) is 26.7 Å². The van der Waals surface area contributed by atoms with Gasteiger partial charge in [-0.2, -0.15) is 12.7 Å². The molecule has 1 saturated carbocycles. The molecule has 7 nitrogen and oxygen atoms in total. The third-order valence-corrected chi connectivity index (χ3v) is 4.49. The zero-order chi connectivity index (χ0) is 13.1. The van der Waals surface area contributed by atoms with Gasteiger partial charge in [0.2, 0.25) is 0 Å². The number of aliphatic hydroxyl groups excluding tert-OH is 1. The van der Waals surface area contributed by atoms with Gasteiger partial charge in [-0.05, 0) is 12.8 Å². The first-order valence-electron chi connectivity index (χ1n) is 5.35. The Hall–Kier alpha value is -0.700. The third-order valence-electron chi connectivity index (χ3n) is 2.97. The van der Waals surface area contributed by atoms with Crippen molar-refractivity contribution >= 4 is 16.2 Å². The molecule has 100 valence electrons. The standard InChI is InChI=1S/C9H18N2O5S/c1-11(5-2-8(13)14)17(15,16)10-6-9(7-12)3-4-9/h10,12H,2-7H2,1H3,(H,13,14). The van der Waals surface area contributed by atoms with Gasteiger partial charge in [-0.25, -0.2) is 4.72 Å². The van der Waals surface area contributed by atoms with Crippen LogP contribution in [0.1, 0.15) is 19.3 Å². The number of nitrogens with zero attached hydrogens (tertiary/aromatic N) is 1. The van der Waals surface area contributed by atoms with Crippen LogP contribution in [0.25, 0.3) is 0 Å². The predicted molar refractivity (Wildman–Crippen MR) is 60.6 cm³/mol. The molecule has 0 amide bonds. The minimum atomic E-state index is -3.65. The Morgan fingerprint density at radius 2 is 2.06 bits per heavy atom. The SMILES string of the molecule is CN(CCC(=O)O)S(=O)(=O)NCC1(CO)CC1. The second kappa shape index (κ2) is 5.30. The Labute approximate surface area is 101 Å². The predicted octanol–water partition coefficient (Wildman–Crippen LogP) is -1.00. The number of aliphatic carboxylic acids is 1. The van der Waals surface area contributed by atoms with Crippen LogP contribution in [0.3, 0.4) is 0 Å². The summed E-state index contributed by atoms with van der Waals surface area (Å²) >= 11 is 0. The van der Waals surface area contributed by atoms with E-state index in [1.54, 1.807) is 0 Å². The van der Waals surface area contributed by atoms with Gasteiger partial charge in [0.1, 0.15) is 0 Å². The molecule has 8 heteroatoms. The lowest BCUT2D eigenvalue weighted by Gasteiger charge is -2.19. The summed E-state index contributed by atoms with van der Waals surface area (Å²) in [4.78, 5) is 10.3. The molecular formula is C9H18N2O5S. The first kappa shape index (κ1) is 14.4. The number of hydrogen-bond donors (Lipinski definition) is 3. The van der Waals surface area contributed by atoms with E-state index in [2.05, 4.69) is 4.72 Å². The van der Waals surface area contributed by atoms with E-state index in [-0.39, 0.29) is 31.5 Å². The van der Waals surface area contributed by atoms with Crippen LogP contribution < -0.4 is 4.72 Å². The first-order chi connectivity index (χ1) is 7.81. The van der Waals surface area contributed by atoms with E-state index < -0.39 is 16.2 Å².